The molecule has 2 rings (SSSR count). The molecule has 15 heavy (non-hydrogen) atoms. The van der Waals surface area contributed by atoms with E-state index in [2.05, 4.69) is 9.59 Å². The molecular formula is C8H6N2O3S2. The van der Waals surface area contributed by atoms with Gasteiger partial charge in [-0.3, -0.25) is 0 Å². The number of furan rings is 1. The summed E-state index contributed by atoms with van der Waals surface area (Å²) < 4.78 is 9.78. The van der Waals surface area contributed by atoms with Crippen LogP contribution < -0.4 is 0 Å². The van der Waals surface area contributed by atoms with Gasteiger partial charge < -0.3 is 9.52 Å². The predicted molar refractivity (Wildman–Crippen MR) is 55.1 cm³/mol. The van der Waals surface area contributed by atoms with E-state index in [0.29, 0.717) is 11.5 Å². The van der Waals surface area contributed by atoms with Crippen LogP contribution in [-0.4, -0.2) is 20.7 Å². The third-order valence-electron chi connectivity index (χ3n) is 1.57. The molecule has 2 heterocycles. The summed E-state index contributed by atoms with van der Waals surface area (Å²) in [6, 6.07) is 3.11. The lowest BCUT2D eigenvalue weighted by Crippen LogP contribution is -1.91. The third kappa shape index (κ3) is 2.57. The molecule has 0 radical (unpaired) electrons. The summed E-state index contributed by atoms with van der Waals surface area (Å²) in [5.41, 5.74) is 0. The van der Waals surface area contributed by atoms with E-state index in [1.165, 1.54) is 29.4 Å². The highest BCUT2D eigenvalue weighted by molar-refractivity contribution is 8.00. The SMILES string of the molecule is O=C(O)c1ccc(CSc2cnns2)o1. The van der Waals surface area contributed by atoms with E-state index in [1.54, 1.807) is 12.3 Å². The van der Waals surface area contributed by atoms with Crippen molar-refractivity contribution in [3.05, 3.63) is 29.9 Å². The maximum atomic E-state index is 10.5. The van der Waals surface area contributed by atoms with E-state index >= 15 is 0 Å². The van der Waals surface area contributed by atoms with E-state index in [1.807, 2.05) is 0 Å². The van der Waals surface area contributed by atoms with Gasteiger partial charge in [-0.15, -0.1) is 16.9 Å². The average Bonchev–Trinajstić information content (AvgIpc) is 2.86. The number of thioether (sulfide) groups is 1. The molecule has 0 spiro atoms. The van der Waals surface area contributed by atoms with E-state index in [0.717, 1.165) is 4.21 Å². The summed E-state index contributed by atoms with van der Waals surface area (Å²) in [6.45, 7) is 0. The maximum absolute atomic E-state index is 10.5. The first-order valence-electron chi connectivity index (χ1n) is 3.98. The fourth-order valence-corrected chi connectivity index (χ4v) is 2.25. The smallest absolute Gasteiger partial charge is 0.371 e. The van der Waals surface area contributed by atoms with Crippen LogP contribution in [0.1, 0.15) is 16.3 Å². The normalized spacial score (nSPS) is 10.4. The lowest BCUT2D eigenvalue weighted by atomic mass is 10.4. The molecule has 0 aliphatic carbocycles. The number of carbonyl (C=O) groups is 1. The molecule has 78 valence electrons. The standard InChI is InChI=1S/C8H6N2O3S2/c11-8(12)6-2-1-5(13-6)4-14-7-3-9-10-15-7/h1-3H,4H2,(H,11,12). The van der Waals surface area contributed by atoms with Gasteiger partial charge in [0, 0.05) is 0 Å². The molecule has 0 saturated heterocycles. The molecule has 2 aromatic heterocycles. The number of aromatic carboxylic acids is 1. The quantitative estimate of drug-likeness (QED) is 0.827. The second kappa shape index (κ2) is 4.45. The van der Waals surface area contributed by atoms with Crippen LogP contribution in [0.4, 0.5) is 0 Å². The van der Waals surface area contributed by atoms with Crippen molar-refractivity contribution >= 4 is 29.3 Å². The zero-order valence-corrected chi connectivity index (χ0v) is 9.05. The van der Waals surface area contributed by atoms with Crippen molar-refractivity contribution < 1.29 is 14.3 Å². The number of hydrogen-bond donors (Lipinski definition) is 1. The summed E-state index contributed by atoms with van der Waals surface area (Å²) in [6.07, 6.45) is 1.66. The Morgan fingerprint density at radius 2 is 2.47 bits per heavy atom. The van der Waals surface area contributed by atoms with Crippen molar-refractivity contribution in [2.75, 3.05) is 0 Å². The first-order chi connectivity index (χ1) is 7.25. The largest absolute Gasteiger partial charge is 0.475 e. The van der Waals surface area contributed by atoms with Crippen LogP contribution in [-0.2, 0) is 5.75 Å². The van der Waals surface area contributed by atoms with Crippen molar-refractivity contribution in [2.45, 2.75) is 9.96 Å². The molecule has 2 aromatic rings. The number of nitrogens with zero attached hydrogens (tertiary/aromatic N) is 2. The fourth-order valence-electron chi connectivity index (χ4n) is 0.934. The van der Waals surface area contributed by atoms with Crippen molar-refractivity contribution in [1.29, 1.82) is 0 Å². The topological polar surface area (TPSA) is 76.2 Å². The summed E-state index contributed by atoms with van der Waals surface area (Å²) >= 11 is 2.81. The molecule has 0 saturated carbocycles. The van der Waals surface area contributed by atoms with E-state index in [-0.39, 0.29) is 5.76 Å². The Morgan fingerprint density at radius 3 is 3.07 bits per heavy atom. The Morgan fingerprint density at radius 1 is 1.60 bits per heavy atom. The highest BCUT2D eigenvalue weighted by Crippen LogP contribution is 2.25. The molecule has 0 amide bonds. The Hall–Kier alpha value is -1.34. The van der Waals surface area contributed by atoms with Crippen LogP contribution in [0.5, 0.6) is 0 Å². The lowest BCUT2D eigenvalue weighted by Gasteiger charge is -1.92. The van der Waals surface area contributed by atoms with Gasteiger partial charge in [-0.1, -0.05) is 4.49 Å². The summed E-state index contributed by atoms with van der Waals surface area (Å²) in [7, 11) is 0. The van der Waals surface area contributed by atoms with Crippen molar-refractivity contribution in [2.24, 2.45) is 0 Å². The molecule has 0 atom stereocenters. The van der Waals surface area contributed by atoms with E-state index < -0.39 is 5.97 Å². The fraction of sp³-hybridized carbons (Fsp3) is 0.125. The Labute approximate surface area is 93.3 Å². The van der Waals surface area contributed by atoms with Gasteiger partial charge in [0.2, 0.25) is 5.76 Å². The van der Waals surface area contributed by atoms with Gasteiger partial charge in [0.15, 0.2) is 0 Å². The Balaban J connectivity index is 1.96. The highest BCUT2D eigenvalue weighted by atomic mass is 32.2. The zero-order chi connectivity index (χ0) is 10.7. The van der Waals surface area contributed by atoms with Crippen LogP contribution in [0.15, 0.2) is 27.0 Å². The Kier molecular flexibility index (Phi) is 3.02. The second-order valence-electron chi connectivity index (χ2n) is 2.60. The van der Waals surface area contributed by atoms with Crippen molar-refractivity contribution in [3.63, 3.8) is 0 Å². The molecule has 0 aromatic carbocycles. The number of carboxylic acids is 1. The number of aromatic nitrogens is 2. The minimum absolute atomic E-state index is 0.0342. The molecular weight excluding hydrogens is 236 g/mol. The summed E-state index contributed by atoms with van der Waals surface area (Å²) in [4.78, 5) is 10.5. The minimum Gasteiger partial charge on any atom is -0.475 e. The third-order valence-corrected chi connectivity index (χ3v) is 3.43. The van der Waals surface area contributed by atoms with Gasteiger partial charge in [0.05, 0.1) is 11.9 Å². The van der Waals surface area contributed by atoms with Gasteiger partial charge in [-0.25, -0.2) is 4.79 Å². The van der Waals surface area contributed by atoms with E-state index in [4.69, 9.17) is 9.52 Å². The second-order valence-corrected chi connectivity index (χ2v) is 4.66. The molecule has 7 heteroatoms. The maximum Gasteiger partial charge on any atom is 0.371 e. The van der Waals surface area contributed by atoms with Crippen LogP contribution in [0, 0.1) is 0 Å². The molecule has 1 N–H and O–H groups in total. The molecule has 0 aliphatic rings. The first-order valence-corrected chi connectivity index (χ1v) is 5.74. The number of hydrogen-bond acceptors (Lipinski definition) is 6. The minimum atomic E-state index is -1.05. The van der Waals surface area contributed by atoms with Gasteiger partial charge in [0.1, 0.15) is 9.97 Å². The average molecular weight is 242 g/mol. The van der Waals surface area contributed by atoms with Gasteiger partial charge in [-0.05, 0) is 23.7 Å². The van der Waals surface area contributed by atoms with E-state index in [9.17, 15) is 4.79 Å². The van der Waals surface area contributed by atoms with Gasteiger partial charge in [0.25, 0.3) is 0 Å². The highest BCUT2D eigenvalue weighted by Gasteiger charge is 2.09. The molecule has 0 fully saturated rings. The molecule has 5 nitrogen and oxygen atoms in total. The van der Waals surface area contributed by atoms with Gasteiger partial charge >= 0.3 is 5.97 Å². The monoisotopic (exact) mass is 242 g/mol. The van der Waals surface area contributed by atoms with Crippen molar-refractivity contribution in [3.8, 4) is 0 Å². The van der Waals surface area contributed by atoms with Crippen molar-refractivity contribution in [1.82, 2.24) is 9.59 Å². The molecule has 0 unspecified atom stereocenters. The molecule has 0 aliphatic heterocycles. The van der Waals surface area contributed by atoms with Crippen LogP contribution >= 0.6 is 23.3 Å². The number of rotatable bonds is 4. The zero-order valence-electron chi connectivity index (χ0n) is 7.41. The summed E-state index contributed by atoms with van der Waals surface area (Å²) in [5, 5.41) is 12.3. The summed E-state index contributed by atoms with van der Waals surface area (Å²) in [5.74, 6) is 0.126. The Bertz CT molecular complexity index is 452. The first kappa shape index (κ1) is 10.2. The predicted octanol–water partition coefficient (Wildman–Crippen LogP) is 2.12. The lowest BCUT2D eigenvalue weighted by molar-refractivity contribution is 0.0661. The van der Waals surface area contributed by atoms with Crippen LogP contribution in [0.2, 0.25) is 0 Å². The number of carboxylic acid groups (broad SMARTS) is 1. The van der Waals surface area contributed by atoms with Crippen LogP contribution in [0.25, 0.3) is 0 Å². The van der Waals surface area contributed by atoms with Gasteiger partial charge in [-0.2, -0.15) is 0 Å². The van der Waals surface area contributed by atoms with Crippen LogP contribution in [0.3, 0.4) is 0 Å². The molecule has 0 bridgehead atoms.